The molecule has 0 unspecified atom stereocenters. The van der Waals surface area contributed by atoms with Crippen LogP contribution < -0.4 is 10.9 Å². The molecular formula is C13H12N4O2S2. The average molecular weight is 320 g/mol. The number of aromatic nitrogens is 3. The van der Waals surface area contributed by atoms with Crippen molar-refractivity contribution in [3.63, 3.8) is 0 Å². The number of hydrogen-bond acceptors (Lipinski definition) is 6. The van der Waals surface area contributed by atoms with Crippen molar-refractivity contribution >= 4 is 43.9 Å². The van der Waals surface area contributed by atoms with Gasteiger partial charge in [-0.15, -0.1) is 22.7 Å². The molecule has 0 aromatic carbocycles. The molecule has 0 atom stereocenters. The van der Waals surface area contributed by atoms with E-state index in [1.807, 2.05) is 13.8 Å². The molecule has 3 heterocycles. The fourth-order valence-electron chi connectivity index (χ4n) is 1.98. The number of thiazole rings is 1. The second-order valence-corrected chi connectivity index (χ2v) is 6.62. The van der Waals surface area contributed by atoms with Crippen LogP contribution in [0.25, 0.3) is 10.2 Å². The van der Waals surface area contributed by atoms with Crippen LogP contribution in [0.5, 0.6) is 0 Å². The predicted octanol–water partition coefficient (Wildman–Crippen LogP) is 2.17. The highest BCUT2D eigenvalue weighted by Crippen LogP contribution is 2.25. The van der Waals surface area contributed by atoms with Crippen LogP contribution in [0.3, 0.4) is 0 Å². The van der Waals surface area contributed by atoms with Crippen LogP contribution in [0.15, 0.2) is 22.7 Å². The van der Waals surface area contributed by atoms with Gasteiger partial charge in [-0.25, -0.2) is 9.97 Å². The van der Waals surface area contributed by atoms with E-state index in [1.165, 1.54) is 33.6 Å². The molecule has 0 bridgehead atoms. The van der Waals surface area contributed by atoms with Crippen molar-refractivity contribution < 1.29 is 4.79 Å². The summed E-state index contributed by atoms with van der Waals surface area (Å²) in [6.07, 6.45) is 3.03. The highest BCUT2D eigenvalue weighted by Gasteiger charge is 2.14. The zero-order valence-electron chi connectivity index (χ0n) is 11.4. The van der Waals surface area contributed by atoms with Gasteiger partial charge in [0, 0.05) is 16.5 Å². The summed E-state index contributed by atoms with van der Waals surface area (Å²) in [4.78, 5) is 34.4. The molecule has 0 aliphatic carbocycles. The number of amides is 1. The quantitative estimate of drug-likeness (QED) is 0.802. The Morgan fingerprint density at radius 3 is 2.90 bits per heavy atom. The molecular weight excluding hydrogens is 308 g/mol. The van der Waals surface area contributed by atoms with Crippen molar-refractivity contribution in [3.05, 3.63) is 38.7 Å². The molecule has 0 aliphatic rings. The smallest absolute Gasteiger partial charge is 0.262 e. The van der Waals surface area contributed by atoms with Crippen molar-refractivity contribution in [2.45, 2.75) is 20.4 Å². The third-order valence-corrected chi connectivity index (χ3v) is 4.95. The number of nitrogens with one attached hydrogen (secondary N) is 1. The summed E-state index contributed by atoms with van der Waals surface area (Å²) >= 11 is 2.82. The van der Waals surface area contributed by atoms with Gasteiger partial charge in [-0.2, -0.15) is 0 Å². The lowest BCUT2D eigenvalue weighted by molar-refractivity contribution is -0.116. The number of rotatable bonds is 3. The number of nitrogens with zero attached hydrogens (tertiary/aromatic N) is 3. The Morgan fingerprint density at radius 1 is 1.38 bits per heavy atom. The first-order valence-electron chi connectivity index (χ1n) is 6.20. The molecule has 0 aliphatic heterocycles. The molecule has 6 nitrogen and oxygen atoms in total. The van der Waals surface area contributed by atoms with Crippen LogP contribution in [-0.2, 0) is 11.3 Å². The van der Waals surface area contributed by atoms with Gasteiger partial charge in [-0.05, 0) is 19.4 Å². The van der Waals surface area contributed by atoms with E-state index in [-0.39, 0.29) is 18.0 Å². The molecule has 108 valence electrons. The number of aryl methyl sites for hydroxylation is 2. The Morgan fingerprint density at radius 2 is 2.19 bits per heavy atom. The molecule has 3 aromatic rings. The summed E-state index contributed by atoms with van der Waals surface area (Å²) in [5.41, 5.74) is 0.748. The number of hydrogen-bond donors (Lipinski definition) is 1. The topological polar surface area (TPSA) is 76.9 Å². The van der Waals surface area contributed by atoms with Gasteiger partial charge >= 0.3 is 0 Å². The number of anilines is 1. The number of thiophene rings is 1. The second-order valence-electron chi connectivity index (χ2n) is 4.53. The first-order chi connectivity index (χ1) is 10.1. The van der Waals surface area contributed by atoms with Crippen LogP contribution in [-0.4, -0.2) is 20.4 Å². The first kappa shape index (κ1) is 13.9. The third-order valence-electron chi connectivity index (χ3n) is 3.15. The maximum atomic E-state index is 12.4. The number of carbonyl (C=O) groups is 1. The predicted molar refractivity (Wildman–Crippen MR) is 84.1 cm³/mol. The molecule has 3 aromatic heterocycles. The van der Waals surface area contributed by atoms with Crippen molar-refractivity contribution in [1.82, 2.24) is 14.5 Å². The summed E-state index contributed by atoms with van der Waals surface area (Å²) in [7, 11) is 0. The van der Waals surface area contributed by atoms with E-state index >= 15 is 0 Å². The molecule has 0 saturated carbocycles. The van der Waals surface area contributed by atoms with Gasteiger partial charge in [0.1, 0.15) is 11.4 Å². The summed E-state index contributed by atoms with van der Waals surface area (Å²) in [6, 6.07) is 0. The van der Waals surface area contributed by atoms with Crippen LogP contribution in [0.2, 0.25) is 0 Å². The van der Waals surface area contributed by atoms with Gasteiger partial charge in [0.05, 0.1) is 11.7 Å². The van der Waals surface area contributed by atoms with Crippen molar-refractivity contribution in [2.75, 3.05) is 5.32 Å². The Labute approximate surface area is 128 Å². The van der Waals surface area contributed by atoms with Gasteiger partial charge in [0.25, 0.3) is 5.56 Å². The minimum atomic E-state index is -0.294. The van der Waals surface area contributed by atoms with Crippen LogP contribution in [0, 0.1) is 13.8 Å². The molecule has 0 saturated heterocycles. The lowest BCUT2D eigenvalue weighted by Crippen LogP contribution is -2.27. The van der Waals surface area contributed by atoms with E-state index in [0.29, 0.717) is 15.3 Å². The first-order valence-corrected chi connectivity index (χ1v) is 7.90. The van der Waals surface area contributed by atoms with E-state index in [0.717, 1.165) is 10.4 Å². The molecule has 0 spiro atoms. The van der Waals surface area contributed by atoms with Gasteiger partial charge in [-0.3, -0.25) is 14.2 Å². The molecule has 1 N–H and O–H groups in total. The molecule has 3 rings (SSSR count). The number of fused-ring (bicyclic) bond motifs is 1. The maximum absolute atomic E-state index is 12.4. The highest BCUT2D eigenvalue weighted by molar-refractivity contribution is 7.18. The van der Waals surface area contributed by atoms with E-state index < -0.39 is 0 Å². The third kappa shape index (κ3) is 2.59. The van der Waals surface area contributed by atoms with E-state index in [4.69, 9.17) is 0 Å². The van der Waals surface area contributed by atoms with Gasteiger partial charge < -0.3 is 5.32 Å². The standard InChI is InChI=1S/C13H12N4O2S2/c1-7-8(2)21-11-10(7)12(19)17(6-15-11)5-9(18)16-13-14-3-4-20-13/h3-4,6H,5H2,1-2H3,(H,14,16,18). The molecule has 21 heavy (non-hydrogen) atoms. The van der Waals surface area contributed by atoms with Gasteiger partial charge in [0.15, 0.2) is 5.13 Å². The minimum Gasteiger partial charge on any atom is -0.300 e. The van der Waals surface area contributed by atoms with Gasteiger partial charge in [-0.1, -0.05) is 0 Å². The SMILES string of the molecule is Cc1sc2ncn(CC(=O)Nc3nccs3)c(=O)c2c1C. The zero-order chi connectivity index (χ0) is 15.0. The Bertz CT molecular complexity index is 864. The maximum Gasteiger partial charge on any atom is 0.262 e. The minimum absolute atomic E-state index is 0.0737. The van der Waals surface area contributed by atoms with Crippen molar-refractivity contribution in [3.8, 4) is 0 Å². The van der Waals surface area contributed by atoms with Crippen molar-refractivity contribution in [1.29, 1.82) is 0 Å². The Hall–Kier alpha value is -2.06. The van der Waals surface area contributed by atoms with E-state index in [1.54, 1.807) is 11.6 Å². The highest BCUT2D eigenvalue weighted by atomic mass is 32.1. The lowest BCUT2D eigenvalue weighted by Gasteiger charge is -2.05. The largest absolute Gasteiger partial charge is 0.300 e. The summed E-state index contributed by atoms with van der Waals surface area (Å²) < 4.78 is 1.32. The molecule has 1 amide bonds. The summed E-state index contributed by atoms with van der Waals surface area (Å²) in [6.45, 7) is 3.79. The van der Waals surface area contributed by atoms with Crippen LogP contribution in [0.4, 0.5) is 5.13 Å². The zero-order valence-corrected chi connectivity index (χ0v) is 13.0. The Kier molecular flexibility index (Phi) is 3.56. The monoisotopic (exact) mass is 320 g/mol. The molecule has 0 fully saturated rings. The van der Waals surface area contributed by atoms with Crippen LogP contribution >= 0.6 is 22.7 Å². The summed E-state index contributed by atoms with van der Waals surface area (Å²) in [5.74, 6) is -0.294. The number of carbonyl (C=O) groups excluding carboxylic acids is 1. The average Bonchev–Trinajstić information content (AvgIpc) is 3.03. The molecule has 0 radical (unpaired) electrons. The van der Waals surface area contributed by atoms with Crippen LogP contribution in [0.1, 0.15) is 10.4 Å². The second kappa shape index (κ2) is 5.38. The Balaban J connectivity index is 1.91. The summed E-state index contributed by atoms with van der Waals surface area (Å²) in [5, 5.41) is 5.54. The normalized spacial score (nSPS) is 11.0. The van der Waals surface area contributed by atoms with E-state index in [2.05, 4.69) is 15.3 Å². The van der Waals surface area contributed by atoms with Gasteiger partial charge in [0.2, 0.25) is 5.91 Å². The fraction of sp³-hybridized carbons (Fsp3) is 0.231. The fourth-order valence-corrected chi connectivity index (χ4v) is 3.51. The lowest BCUT2D eigenvalue weighted by atomic mass is 10.2. The van der Waals surface area contributed by atoms with E-state index in [9.17, 15) is 9.59 Å². The van der Waals surface area contributed by atoms with Crippen molar-refractivity contribution in [2.24, 2.45) is 0 Å². The molecule has 8 heteroatoms.